The zero-order valence-electron chi connectivity index (χ0n) is 11.0. The third kappa shape index (κ3) is 3.22. The van der Waals surface area contributed by atoms with Gasteiger partial charge in [0.05, 0.1) is 0 Å². The van der Waals surface area contributed by atoms with Gasteiger partial charge in [0.15, 0.2) is 0 Å². The van der Waals surface area contributed by atoms with E-state index < -0.39 is 0 Å². The standard InChI is InChI=1S/C15H15ClN2O2/c1-18(9-11-8-12(17)4-7-14(11)16)15(20)10-2-5-13(19)6-3-10/h2-8,19H,9,17H2,1H3. The van der Waals surface area contributed by atoms with E-state index in [1.807, 2.05) is 0 Å². The number of nitrogens with zero attached hydrogens (tertiary/aromatic N) is 1. The van der Waals surface area contributed by atoms with E-state index in [1.165, 1.54) is 12.1 Å². The summed E-state index contributed by atoms with van der Waals surface area (Å²) in [6, 6.07) is 11.3. The SMILES string of the molecule is CN(Cc1cc(N)ccc1Cl)C(=O)c1ccc(O)cc1. The summed E-state index contributed by atoms with van der Waals surface area (Å²) in [5.41, 5.74) is 7.62. The van der Waals surface area contributed by atoms with Crippen LogP contribution in [0.25, 0.3) is 0 Å². The Morgan fingerprint density at radius 2 is 1.90 bits per heavy atom. The third-order valence-corrected chi connectivity index (χ3v) is 3.31. The fraction of sp³-hybridized carbons (Fsp3) is 0.133. The molecule has 104 valence electrons. The van der Waals surface area contributed by atoms with Crippen LogP contribution in [0.15, 0.2) is 42.5 Å². The maximum Gasteiger partial charge on any atom is 0.253 e. The average Bonchev–Trinajstić information content (AvgIpc) is 2.43. The van der Waals surface area contributed by atoms with Crippen LogP contribution in [0, 0.1) is 0 Å². The van der Waals surface area contributed by atoms with Crippen molar-refractivity contribution in [1.29, 1.82) is 0 Å². The highest BCUT2D eigenvalue weighted by Crippen LogP contribution is 2.21. The number of carbonyl (C=O) groups excluding carboxylic acids is 1. The molecular formula is C15H15ClN2O2. The lowest BCUT2D eigenvalue weighted by molar-refractivity contribution is 0.0785. The van der Waals surface area contributed by atoms with Gasteiger partial charge in [-0.3, -0.25) is 4.79 Å². The predicted molar refractivity (Wildman–Crippen MR) is 79.8 cm³/mol. The molecule has 2 aromatic rings. The van der Waals surface area contributed by atoms with Crippen LogP contribution >= 0.6 is 11.6 Å². The average molecular weight is 291 g/mol. The van der Waals surface area contributed by atoms with Gasteiger partial charge >= 0.3 is 0 Å². The molecule has 0 radical (unpaired) electrons. The Hall–Kier alpha value is -2.20. The number of benzene rings is 2. The molecule has 0 aliphatic rings. The monoisotopic (exact) mass is 290 g/mol. The van der Waals surface area contributed by atoms with Gasteiger partial charge in [-0.2, -0.15) is 0 Å². The first-order chi connectivity index (χ1) is 9.47. The van der Waals surface area contributed by atoms with Crippen molar-refractivity contribution in [2.75, 3.05) is 12.8 Å². The van der Waals surface area contributed by atoms with Gasteiger partial charge in [-0.05, 0) is 48.0 Å². The van der Waals surface area contributed by atoms with Crippen molar-refractivity contribution in [1.82, 2.24) is 4.90 Å². The Bertz CT molecular complexity index is 626. The van der Waals surface area contributed by atoms with Crippen LogP contribution < -0.4 is 5.73 Å². The molecule has 0 saturated heterocycles. The summed E-state index contributed by atoms with van der Waals surface area (Å²) in [5, 5.41) is 9.80. The second kappa shape index (κ2) is 5.84. The van der Waals surface area contributed by atoms with E-state index >= 15 is 0 Å². The minimum atomic E-state index is -0.150. The maximum atomic E-state index is 12.2. The number of hydrogen-bond acceptors (Lipinski definition) is 3. The number of anilines is 1. The number of carbonyl (C=O) groups is 1. The Morgan fingerprint density at radius 1 is 1.25 bits per heavy atom. The van der Waals surface area contributed by atoms with E-state index in [4.69, 9.17) is 17.3 Å². The van der Waals surface area contributed by atoms with Crippen LogP contribution in [0.5, 0.6) is 5.75 Å². The third-order valence-electron chi connectivity index (χ3n) is 2.94. The molecule has 0 aromatic heterocycles. The first-order valence-corrected chi connectivity index (χ1v) is 6.43. The van der Waals surface area contributed by atoms with Crippen molar-refractivity contribution in [3.63, 3.8) is 0 Å². The maximum absolute atomic E-state index is 12.2. The Balaban J connectivity index is 2.15. The van der Waals surface area contributed by atoms with Gasteiger partial charge in [0.2, 0.25) is 0 Å². The van der Waals surface area contributed by atoms with Crippen molar-refractivity contribution in [3.05, 3.63) is 58.6 Å². The first kappa shape index (κ1) is 14.2. The van der Waals surface area contributed by atoms with E-state index in [9.17, 15) is 9.90 Å². The van der Waals surface area contributed by atoms with Crippen molar-refractivity contribution in [2.45, 2.75) is 6.54 Å². The molecule has 0 unspecified atom stereocenters. The van der Waals surface area contributed by atoms with Crippen LogP contribution in [-0.4, -0.2) is 23.0 Å². The van der Waals surface area contributed by atoms with Gasteiger partial charge in [0, 0.05) is 29.9 Å². The second-order valence-electron chi connectivity index (χ2n) is 4.56. The topological polar surface area (TPSA) is 66.6 Å². The van der Waals surface area contributed by atoms with E-state index in [2.05, 4.69) is 0 Å². The quantitative estimate of drug-likeness (QED) is 0.854. The molecule has 20 heavy (non-hydrogen) atoms. The van der Waals surface area contributed by atoms with Gasteiger partial charge in [0.25, 0.3) is 5.91 Å². The molecule has 2 aromatic carbocycles. The van der Waals surface area contributed by atoms with Gasteiger partial charge in [-0.25, -0.2) is 0 Å². The summed E-state index contributed by atoms with van der Waals surface area (Å²) in [6.07, 6.45) is 0. The largest absolute Gasteiger partial charge is 0.508 e. The predicted octanol–water partition coefficient (Wildman–Crippen LogP) is 2.90. The lowest BCUT2D eigenvalue weighted by Crippen LogP contribution is -2.26. The lowest BCUT2D eigenvalue weighted by atomic mass is 10.1. The van der Waals surface area contributed by atoms with Crippen molar-refractivity contribution in [3.8, 4) is 5.75 Å². The Kier molecular flexibility index (Phi) is 4.15. The number of nitrogens with two attached hydrogens (primary N) is 1. The molecule has 0 atom stereocenters. The highest BCUT2D eigenvalue weighted by molar-refractivity contribution is 6.31. The van der Waals surface area contributed by atoms with Gasteiger partial charge in [-0.15, -0.1) is 0 Å². The fourth-order valence-electron chi connectivity index (χ4n) is 1.87. The zero-order valence-corrected chi connectivity index (χ0v) is 11.8. The fourth-order valence-corrected chi connectivity index (χ4v) is 2.04. The molecule has 0 fully saturated rings. The second-order valence-corrected chi connectivity index (χ2v) is 4.97. The number of halogens is 1. The van der Waals surface area contributed by atoms with Crippen LogP contribution in [0.3, 0.4) is 0 Å². The van der Waals surface area contributed by atoms with E-state index in [1.54, 1.807) is 42.3 Å². The number of hydrogen-bond donors (Lipinski definition) is 2. The molecule has 0 bridgehead atoms. The molecule has 0 spiro atoms. The molecule has 1 amide bonds. The summed E-state index contributed by atoms with van der Waals surface area (Å²) in [4.78, 5) is 13.8. The number of nitrogen functional groups attached to an aromatic ring is 1. The molecule has 0 aliphatic heterocycles. The van der Waals surface area contributed by atoms with Crippen molar-refractivity contribution >= 4 is 23.2 Å². The summed E-state index contributed by atoms with van der Waals surface area (Å²) >= 11 is 6.09. The molecule has 0 saturated carbocycles. The summed E-state index contributed by atoms with van der Waals surface area (Å²) in [5.74, 6) is -0.0217. The number of aromatic hydroxyl groups is 1. The lowest BCUT2D eigenvalue weighted by Gasteiger charge is -2.18. The molecule has 5 heteroatoms. The molecule has 4 nitrogen and oxygen atoms in total. The Morgan fingerprint density at radius 3 is 2.55 bits per heavy atom. The van der Waals surface area contributed by atoms with Gasteiger partial charge < -0.3 is 15.7 Å². The van der Waals surface area contributed by atoms with E-state index in [0.29, 0.717) is 22.8 Å². The van der Waals surface area contributed by atoms with E-state index in [0.717, 1.165) is 5.56 Å². The molecule has 2 rings (SSSR count). The van der Waals surface area contributed by atoms with Crippen molar-refractivity contribution < 1.29 is 9.90 Å². The van der Waals surface area contributed by atoms with Crippen LogP contribution in [0.1, 0.15) is 15.9 Å². The summed E-state index contributed by atoms with van der Waals surface area (Å²) in [6.45, 7) is 0.365. The van der Waals surface area contributed by atoms with Crippen LogP contribution in [0.2, 0.25) is 5.02 Å². The normalized spacial score (nSPS) is 10.3. The molecule has 3 N–H and O–H groups in total. The number of rotatable bonds is 3. The number of amides is 1. The number of phenolic OH excluding ortho intramolecular Hbond substituents is 1. The molecule has 0 aliphatic carbocycles. The van der Waals surface area contributed by atoms with Gasteiger partial charge in [0.1, 0.15) is 5.75 Å². The van der Waals surface area contributed by atoms with Crippen LogP contribution in [-0.2, 0) is 6.54 Å². The highest BCUT2D eigenvalue weighted by Gasteiger charge is 2.13. The minimum absolute atomic E-state index is 0.128. The Labute approximate surface area is 122 Å². The van der Waals surface area contributed by atoms with Gasteiger partial charge in [-0.1, -0.05) is 11.6 Å². The summed E-state index contributed by atoms with van der Waals surface area (Å²) in [7, 11) is 1.69. The highest BCUT2D eigenvalue weighted by atomic mass is 35.5. The van der Waals surface area contributed by atoms with Crippen molar-refractivity contribution in [2.24, 2.45) is 0 Å². The summed E-state index contributed by atoms with van der Waals surface area (Å²) < 4.78 is 0. The van der Waals surface area contributed by atoms with Crippen LogP contribution in [0.4, 0.5) is 5.69 Å². The smallest absolute Gasteiger partial charge is 0.253 e. The first-order valence-electron chi connectivity index (χ1n) is 6.06. The van der Waals surface area contributed by atoms with E-state index in [-0.39, 0.29) is 11.7 Å². The minimum Gasteiger partial charge on any atom is -0.508 e. The molecule has 0 heterocycles. The number of phenols is 1. The zero-order chi connectivity index (χ0) is 14.7. The molecular weight excluding hydrogens is 276 g/mol.